The molecule has 0 saturated heterocycles. The molecule has 0 fully saturated rings. The van der Waals surface area contributed by atoms with Crippen LogP contribution in [0.4, 0.5) is 8.78 Å². The standard InChI is InChI=1S/C9H8F2O3/c10-9(11)14-8(13)5-6-1-3-7(12)4-2-6/h1-3,9H,4-5H2. The van der Waals surface area contributed by atoms with Gasteiger partial charge in [-0.1, -0.05) is 12.2 Å². The van der Waals surface area contributed by atoms with Crippen LogP contribution in [0.5, 0.6) is 0 Å². The molecule has 14 heavy (non-hydrogen) atoms. The summed E-state index contributed by atoms with van der Waals surface area (Å²) in [5.74, 6) is -1.07. The highest BCUT2D eigenvalue weighted by Gasteiger charge is 2.13. The second kappa shape index (κ2) is 4.64. The van der Waals surface area contributed by atoms with Crippen molar-refractivity contribution < 1.29 is 23.1 Å². The minimum Gasteiger partial charge on any atom is -0.403 e. The minimum absolute atomic E-state index is 0.0732. The number of esters is 1. The quantitative estimate of drug-likeness (QED) is 0.653. The first-order chi connectivity index (χ1) is 6.58. The molecule has 0 N–H and O–H groups in total. The van der Waals surface area contributed by atoms with Gasteiger partial charge in [-0.15, -0.1) is 0 Å². The van der Waals surface area contributed by atoms with Crippen LogP contribution in [-0.2, 0) is 14.3 Å². The largest absolute Gasteiger partial charge is 0.403 e. The molecule has 1 aliphatic carbocycles. The molecule has 0 amide bonds. The number of ether oxygens (including phenoxy) is 1. The summed E-state index contributed by atoms with van der Waals surface area (Å²) in [6, 6.07) is 0. The van der Waals surface area contributed by atoms with Crippen LogP contribution >= 0.6 is 0 Å². The number of carbonyl (C=O) groups excluding carboxylic acids is 2. The first kappa shape index (κ1) is 10.6. The molecule has 1 rings (SSSR count). The van der Waals surface area contributed by atoms with E-state index in [4.69, 9.17) is 0 Å². The lowest BCUT2D eigenvalue weighted by Gasteiger charge is -2.05. The Morgan fingerprint density at radius 3 is 2.71 bits per heavy atom. The molecule has 0 aromatic heterocycles. The predicted octanol–water partition coefficient (Wildman–Crippen LogP) is 1.60. The number of hydrogen-bond acceptors (Lipinski definition) is 3. The number of halogens is 2. The molecule has 0 saturated carbocycles. The van der Waals surface area contributed by atoms with E-state index in [-0.39, 0.29) is 18.6 Å². The average molecular weight is 202 g/mol. The van der Waals surface area contributed by atoms with E-state index in [0.717, 1.165) is 0 Å². The van der Waals surface area contributed by atoms with Gasteiger partial charge in [-0.2, -0.15) is 8.78 Å². The fraction of sp³-hybridized carbons (Fsp3) is 0.333. The fourth-order valence-corrected chi connectivity index (χ4v) is 1.01. The van der Waals surface area contributed by atoms with Crippen molar-refractivity contribution in [3.63, 3.8) is 0 Å². The van der Waals surface area contributed by atoms with E-state index in [2.05, 4.69) is 4.74 Å². The summed E-state index contributed by atoms with van der Waals surface area (Å²) in [7, 11) is 0. The summed E-state index contributed by atoms with van der Waals surface area (Å²) in [4.78, 5) is 21.4. The number of alkyl halides is 2. The van der Waals surface area contributed by atoms with Gasteiger partial charge in [0, 0.05) is 6.42 Å². The van der Waals surface area contributed by atoms with Crippen LogP contribution in [0.1, 0.15) is 12.8 Å². The van der Waals surface area contributed by atoms with Crippen LogP contribution in [0.25, 0.3) is 0 Å². The van der Waals surface area contributed by atoms with Crippen LogP contribution in [-0.4, -0.2) is 18.4 Å². The van der Waals surface area contributed by atoms with Gasteiger partial charge in [-0.05, 0) is 11.6 Å². The lowest BCUT2D eigenvalue weighted by molar-refractivity contribution is -0.175. The molecule has 0 heterocycles. The van der Waals surface area contributed by atoms with E-state index in [1.807, 2.05) is 0 Å². The van der Waals surface area contributed by atoms with Crippen LogP contribution in [0.15, 0.2) is 23.8 Å². The number of ketones is 1. The monoisotopic (exact) mass is 202 g/mol. The van der Waals surface area contributed by atoms with Crippen molar-refractivity contribution in [2.75, 3.05) is 0 Å². The summed E-state index contributed by atoms with van der Waals surface area (Å²) in [6.07, 6.45) is 4.24. The average Bonchev–Trinajstić information content (AvgIpc) is 2.07. The highest BCUT2D eigenvalue weighted by atomic mass is 19.3. The molecule has 76 valence electrons. The Balaban J connectivity index is 2.42. The second-order valence-corrected chi connectivity index (χ2v) is 2.71. The molecule has 1 aliphatic rings. The molecule has 0 spiro atoms. The third-order valence-electron chi connectivity index (χ3n) is 1.62. The van der Waals surface area contributed by atoms with Gasteiger partial charge in [0.2, 0.25) is 0 Å². The second-order valence-electron chi connectivity index (χ2n) is 2.71. The summed E-state index contributed by atoms with van der Waals surface area (Å²) in [5.41, 5.74) is 0.523. The van der Waals surface area contributed by atoms with Gasteiger partial charge in [0.1, 0.15) is 0 Å². The normalized spacial score (nSPS) is 15.6. The topological polar surface area (TPSA) is 43.4 Å². The maximum atomic E-state index is 11.6. The SMILES string of the molecule is O=C1C=CC(CC(=O)OC(F)F)=CC1. The Hall–Kier alpha value is -1.52. The number of rotatable bonds is 3. The van der Waals surface area contributed by atoms with Gasteiger partial charge in [-0.3, -0.25) is 9.59 Å². The summed E-state index contributed by atoms with van der Waals surface area (Å²) in [5, 5.41) is 0. The maximum absolute atomic E-state index is 11.6. The Labute approximate surface area is 79.0 Å². The Bertz CT molecular complexity index is 305. The van der Waals surface area contributed by atoms with Crippen molar-refractivity contribution >= 4 is 11.8 Å². The van der Waals surface area contributed by atoms with Crippen LogP contribution in [0, 0.1) is 0 Å². The fourth-order valence-electron chi connectivity index (χ4n) is 1.01. The zero-order valence-corrected chi connectivity index (χ0v) is 7.20. The van der Waals surface area contributed by atoms with Crippen molar-refractivity contribution in [3.8, 4) is 0 Å². The van der Waals surface area contributed by atoms with Crippen molar-refractivity contribution in [2.45, 2.75) is 19.5 Å². The zero-order valence-electron chi connectivity index (χ0n) is 7.20. The molecule has 5 heteroatoms. The van der Waals surface area contributed by atoms with Gasteiger partial charge in [0.15, 0.2) is 5.78 Å². The van der Waals surface area contributed by atoms with Gasteiger partial charge >= 0.3 is 12.6 Å². The number of carbonyl (C=O) groups is 2. The maximum Gasteiger partial charge on any atom is 0.389 e. The van der Waals surface area contributed by atoms with Crippen molar-refractivity contribution in [2.24, 2.45) is 0 Å². The lowest BCUT2D eigenvalue weighted by atomic mass is 10.0. The van der Waals surface area contributed by atoms with Gasteiger partial charge in [0.05, 0.1) is 6.42 Å². The zero-order chi connectivity index (χ0) is 10.6. The molecule has 0 aromatic rings. The van der Waals surface area contributed by atoms with Gasteiger partial charge in [-0.25, -0.2) is 0 Å². The molecule has 0 aromatic carbocycles. The first-order valence-electron chi connectivity index (χ1n) is 3.95. The molecule has 3 nitrogen and oxygen atoms in total. The minimum atomic E-state index is -3.09. The van der Waals surface area contributed by atoms with Crippen LogP contribution < -0.4 is 0 Å². The Morgan fingerprint density at radius 1 is 1.50 bits per heavy atom. The predicted molar refractivity (Wildman–Crippen MR) is 43.6 cm³/mol. The van der Waals surface area contributed by atoms with E-state index in [1.165, 1.54) is 18.2 Å². The number of hydrogen-bond donors (Lipinski definition) is 0. The summed E-state index contributed by atoms with van der Waals surface area (Å²) >= 11 is 0. The molecular weight excluding hydrogens is 194 g/mol. The van der Waals surface area contributed by atoms with E-state index >= 15 is 0 Å². The van der Waals surface area contributed by atoms with Crippen LogP contribution in [0.3, 0.4) is 0 Å². The van der Waals surface area contributed by atoms with E-state index in [9.17, 15) is 18.4 Å². The Kier molecular flexibility index (Phi) is 3.50. The molecule has 0 unspecified atom stereocenters. The third kappa shape index (κ3) is 3.47. The third-order valence-corrected chi connectivity index (χ3v) is 1.62. The van der Waals surface area contributed by atoms with Crippen molar-refractivity contribution in [1.82, 2.24) is 0 Å². The van der Waals surface area contributed by atoms with Gasteiger partial charge < -0.3 is 4.74 Å². The molecule has 0 radical (unpaired) electrons. The highest BCUT2D eigenvalue weighted by molar-refractivity contribution is 5.93. The molecular formula is C9H8F2O3. The first-order valence-corrected chi connectivity index (χ1v) is 3.95. The van der Waals surface area contributed by atoms with E-state index in [1.54, 1.807) is 0 Å². The molecule has 0 aliphatic heterocycles. The summed E-state index contributed by atoms with van der Waals surface area (Å²) < 4.78 is 26.8. The van der Waals surface area contributed by atoms with Crippen molar-refractivity contribution in [3.05, 3.63) is 23.8 Å². The summed E-state index contributed by atoms with van der Waals surface area (Å²) in [6.45, 7) is -3.09. The van der Waals surface area contributed by atoms with E-state index < -0.39 is 12.6 Å². The molecule has 0 bridgehead atoms. The molecule has 0 atom stereocenters. The Morgan fingerprint density at radius 2 is 2.21 bits per heavy atom. The van der Waals surface area contributed by atoms with E-state index in [0.29, 0.717) is 5.57 Å². The highest BCUT2D eigenvalue weighted by Crippen LogP contribution is 2.12. The van der Waals surface area contributed by atoms with Crippen molar-refractivity contribution in [1.29, 1.82) is 0 Å². The lowest BCUT2D eigenvalue weighted by Crippen LogP contribution is -2.10. The smallest absolute Gasteiger partial charge is 0.389 e. The van der Waals surface area contributed by atoms with Gasteiger partial charge in [0.25, 0.3) is 0 Å². The number of allylic oxidation sites excluding steroid dienone is 3. The van der Waals surface area contributed by atoms with Crippen LogP contribution in [0.2, 0.25) is 0 Å².